The first kappa shape index (κ1) is 18.6. The lowest BCUT2D eigenvalue weighted by Gasteiger charge is -2.26. The van der Waals surface area contributed by atoms with Crippen LogP contribution in [-0.2, 0) is 9.47 Å². The van der Waals surface area contributed by atoms with Crippen LogP contribution in [0.5, 0.6) is 0 Å². The molecule has 1 atom stereocenters. The Balaban J connectivity index is 1.36. The van der Waals surface area contributed by atoms with Gasteiger partial charge in [-0.1, -0.05) is 34.4 Å². The molecule has 0 aromatic heterocycles. The van der Waals surface area contributed by atoms with Crippen molar-refractivity contribution in [2.45, 2.75) is 37.4 Å². The molecule has 7 heteroatoms. The fraction of sp³-hybridized carbons (Fsp3) is 0.933. The van der Waals surface area contributed by atoms with E-state index in [0.29, 0.717) is 5.17 Å². The van der Waals surface area contributed by atoms with Crippen molar-refractivity contribution in [1.82, 2.24) is 10.2 Å². The van der Waals surface area contributed by atoms with Gasteiger partial charge in [0.2, 0.25) is 0 Å². The van der Waals surface area contributed by atoms with Crippen LogP contribution in [0.1, 0.15) is 32.1 Å². The summed E-state index contributed by atoms with van der Waals surface area (Å²) in [6.07, 6.45) is 6.43. The molecule has 2 saturated heterocycles. The second-order valence-corrected chi connectivity index (χ2v) is 8.85. The third-order valence-corrected chi connectivity index (χ3v) is 7.20. The summed E-state index contributed by atoms with van der Waals surface area (Å²) in [5, 5.41) is 4.64. The number of rotatable bonds is 9. The van der Waals surface area contributed by atoms with Gasteiger partial charge in [0.15, 0.2) is 0 Å². The zero-order valence-corrected chi connectivity index (χ0v) is 15.7. The van der Waals surface area contributed by atoms with Gasteiger partial charge >= 0.3 is 0 Å². The van der Waals surface area contributed by atoms with Crippen molar-refractivity contribution < 1.29 is 9.47 Å². The van der Waals surface area contributed by atoms with Crippen LogP contribution >= 0.6 is 33.8 Å². The lowest BCUT2D eigenvalue weighted by molar-refractivity contribution is 0.0388. The van der Waals surface area contributed by atoms with Gasteiger partial charge in [-0.3, -0.25) is 4.90 Å². The standard InChI is InChI=1S/C15H28N2O2S3/c20-15(16-6-7-17-8-11-18-12-9-17)19-10-3-1-2-4-14-5-13-21-22-14/h14H,1-13H2,(H,16,20). The zero-order valence-electron chi connectivity index (χ0n) is 13.3. The van der Waals surface area contributed by atoms with E-state index in [0.717, 1.165) is 57.7 Å². The number of morpholine rings is 1. The molecule has 2 rings (SSSR count). The molecule has 2 aliphatic heterocycles. The first-order chi connectivity index (χ1) is 10.8. The highest BCUT2D eigenvalue weighted by molar-refractivity contribution is 8.77. The molecule has 0 saturated carbocycles. The quantitative estimate of drug-likeness (QED) is 0.383. The minimum absolute atomic E-state index is 0.552. The van der Waals surface area contributed by atoms with E-state index in [1.165, 1.54) is 31.4 Å². The van der Waals surface area contributed by atoms with Crippen molar-refractivity contribution in [3.63, 3.8) is 0 Å². The van der Waals surface area contributed by atoms with Crippen molar-refractivity contribution in [2.24, 2.45) is 0 Å². The number of hydrogen-bond donors (Lipinski definition) is 1. The smallest absolute Gasteiger partial charge is 0.256 e. The van der Waals surface area contributed by atoms with E-state index in [9.17, 15) is 0 Å². The summed E-state index contributed by atoms with van der Waals surface area (Å²) < 4.78 is 10.9. The molecule has 22 heavy (non-hydrogen) atoms. The SMILES string of the molecule is S=C(NCCN1CCOCC1)OCCCCCC1CCSS1. The van der Waals surface area contributed by atoms with E-state index < -0.39 is 0 Å². The maximum Gasteiger partial charge on any atom is 0.256 e. The van der Waals surface area contributed by atoms with Crippen LogP contribution in [-0.4, -0.2) is 67.1 Å². The largest absolute Gasteiger partial charge is 0.471 e. The fourth-order valence-electron chi connectivity index (χ4n) is 2.57. The van der Waals surface area contributed by atoms with Gasteiger partial charge in [0.05, 0.1) is 19.8 Å². The maximum atomic E-state index is 5.57. The summed E-state index contributed by atoms with van der Waals surface area (Å²) in [7, 11) is 4.10. The van der Waals surface area contributed by atoms with Crippen LogP contribution in [0.25, 0.3) is 0 Å². The lowest BCUT2D eigenvalue weighted by Crippen LogP contribution is -2.41. The van der Waals surface area contributed by atoms with Gasteiger partial charge in [-0.15, -0.1) is 0 Å². The topological polar surface area (TPSA) is 33.7 Å². The first-order valence-electron chi connectivity index (χ1n) is 8.33. The Kier molecular flexibility index (Phi) is 9.99. The molecule has 0 spiro atoms. The van der Waals surface area contributed by atoms with E-state index >= 15 is 0 Å². The summed E-state index contributed by atoms with van der Waals surface area (Å²) in [5.74, 6) is 1.34. The Bertz CT molecular complexity index is 309. The second kappa shape index (κ2) is 11.8. The molecule has 1 unspecified atom stereocenters. The van der Waals surface area contributed by atoms with Crippen molar-refractivity contribution in [3.8, 4) is 0 Å². The van der Waals surface area contributed by atoms with Crippen LogP contribution in [0, 0.1) is 0 Å². The molecule has 2 aliphatic rings. The van der Waals surface area contributed by atoms with E-state index in [4.69, 9.17) is 21.7 Å². The molecule has 0 aliphatic carbocycles. The molecule has 2 heterocycles. The predicted molar refractivity (Wildman–Crippen MR) is 101 cm³/mol. The maximum absolute atomic E-state index is 5.57. The van der Waals surface area contributed by atoms with Gasteiger partial charge in [0.1, 0.15) is 0 Å². The Morgan fingerprint density at radius 3 is 2.91 bits per heavy atom. The highest BCUT2D eigenvalue weighted by Gasteiger charge is 2.15. The molecule has 0 radical (unpaired) electrons. The van der Waals surface area contributed by atoms with Crippen LogP contribution in [0.4, 0.5) is 0 Å². The normalized spacial score (nSPS) is 22.6. The summed E-state index contributed by atoms with van der Waals surface area (Å²) in [6, 6.07) is 0. The van der Waals surface area contributed by atoms with Gasteiger partial charge in [-0.2, -0.15) is 0 Å². The van der Waals surface area contributed by atoms with Crippen LogP contribution in [0.15, 0.2) is 0 Å². The Labute approximate surface area is 147 Å². The van der Waals surface area contributed by atoms with E-state index in [1.807, 2.05) is 10.8 Å². The minimum atomic E-state index is 0.552. The molecule has 0 aromatic carbocycles. The average molecular weight is 365 g/mol. The highest BCUT2D eigenvalue weighted by atomic mass is 33.1. The number of ether oxygens (including phenoxy) is 2. The van der Waals surface area contributed by atoms with E-state index in [-0.39, 0.29) is 0 Å². The second-order valence-electron chi connectivity index (χ2n) is 5.69. The van der Waals surface area contributed by atoms with E-state index in [2.05, 4.69) is 21.0 Å². The number of thiocarbonyl (C=S) groups is 1. The predicted octanol–water partition coefficient (Wildman–Crippen LogP) is 2.92. The molecule has 0 bridgehead atoms. The summed E-state index contributed by atoms with van der Waals surface area (Å²) in [6.45, 7) is 6.34. The third-order valence-electron chi connectivity index (χ3n) is 3.93. The van der Waals surface area contributed by atoms with Gasteiger partial charge in [0, 0.05) is 37.2 Å². The number of unbranched alkanes of at least 4 members (excludes halogenated alkanes) is 2. The molecule has 0 aromatic rings. The molecule has 128 valence electrons. The Morgan fingerprint density at radius 1 is 1.27 bits per heavy atom. The van der Waals surface area contributed by atoms with Crippen molar-refractivity contribution in [3.05, 3.63) is 0 Å². The third kappa shape index (κ3) is 8.24. The van der Waals surface area contributed by atoms with Crippen LogP contribution in [0.2, 0.25) is 0 Å². The molecular weight excluding hydrogens is 336 g/mol. The first-order valence-corrected chi connectivity index (χ1v) is 11.1. The lowest BCUT2D eigenvalue weighted by atomic mass is 10.1. The summed E-state index contributed by atoms with van der Waals surface area (Å²) in [5.41, 5.74) is 0. The highest BCUT2D eigenvalue weighted by Crippen LogP contribution is 2.39. The van der Waals surface area contributed by atoms with Crippen LogP contribution in [0.3, 0.4) is 0 Å². The molecule has 2 fully saturated rings. The van der Waals surface area contributed by atoms with Gasteiger partial charge < -0.3 is 14.8 Å². The summed E-state index contributed by atoms with van der Waals surface area (Å²) in [4.78, 5) is 2.39. The minimum Gasteiger partial charge on any atom is -0.471 e. The molecular formula is C15H28N2O2S3. The Morgan fingerprint density at radius 2 is 2.14 bits per heavy atom. The summed E-state index contributed by atoms with van der Waals surface area (Å²) >= 11 is 5.20. The molecule has 4 nitrogen and oxygen atoms in total. The average Bonchev–Trinajstić information content (AvgIpc) is 3.05. The van der Waals surface area contributed by atoms with Gasteiger partial charge in [-0.05, 0) is 31.5 Å². The van der Waals surface area contributed by atoms with Gasteiger partial charge in [-0.25, -0.2) is 0 Å². The van der Waals surface area contributed by atoms with Crippen molar-refractivity contribution in [2.75, 3.05) is 51.8 Å². The zero-order chi connectivity index (χ0) is 15.5. The van der Waals surface area contributed by atoms with Crippen molar-refractivity contribution >= 4 is 39.0 Å². The molecule has 1 N–H and O–H groups in total. The van der Waals surface area contributed by atoms with Gasteiger partial charge in [0.25, 0.3) is 5.17 Å². The number of hydrogen-bond acceptors (Lipinski definition) is 6. The Hall–Kier alpha value is 0.310. The van der Waals surface area contributed by atoms with E-state index in [1.54, 1.807) is 0 Å². The number of nitrogens with one attached hydrogen (secondary N) is 1. The molecule has 0 amide bonds. The monoisotopic (exact) mass is 364 g/mol. The van der Waals surface area contributed by atoms with Crippen molar-refractivity contribution in [1.29, 1.82) is 0 Å². The fourth-order valence-corrected chi connectivity index (χ4v) is 5.79. The van der Waals surface area contributed by atoms with Crippen LogP contribution < -0.4 is 5.32 Å². The number of nitrogens with zero attached hydrogens (tertiary/aromatic N) is 1.